The lowest BCUT2D eigenvalue weighted by atomic mass is 9.96. The van der Waals surface area contributed by atoms with Gasteiger partial charge in [-0.05, 0) is 32.1 Å². The van der Waals surface area contributed by atoms with Crippen LogP contribution in [0.25, 0.3) is 11.0 Å². The summed E-state index contributed by atoms with van der Waals surface area (Å²) in [5.74, 6) is 0.981. The fraction of sp³-hybridized carbons (Fsp3) is 0.500. The van der Waals surface area contributed by atoms with Crippen molar-refractivity contribution in [3.63, 3.8) is 0 Å². The Kier molecular flexibility index (Phi) is 2.71. The predicted molar refractivity (Wildman–Crippen MR) is 82.3 cm³/mol. The summed E-state index contributed by atoms with van der Waals surface area (Å²) in [6, 6.07) is 0.415. The van der Waals surface area contributed by atoms with Gasteiger partial charge in [0.1, 0.15) is 23.2 Å². The van der Waals surface area contributed by atoms with Crippen LogP contribution in [0.1, 0.15) is 48.7 Å². The third-order valence-corrected chi connectivity index (χ3v) is 4.82. The number of aryl methyl sites for hydroxylation is 1. The molecular weight excluding hydrogens is 294 g/mol. The topological polar surface area (TPSA) is 78.7 Å². The average molecular weight is 311 g/mol. The Morgan fingerprint density at radius 2 is 2.13 bits per heavy atom. The molecule has 3 aromatic rings. The van der Waals surface area contributed by atoms with Gasteiger partial charge in [0, 0.05) is 12.0 Å². The fourth-order valence-corrected chi connectivity index (χ4v) is 3.40. The number of fused-ring (bicyclic) bond motifs is 2. The van der Waals surface area contributed by atoms with E-state index in [-0.39, 0.29) is 5.56 Å². The first-order valence-corrected chi connectivity index (χ1v) is 8.20. The highest BCUT2D eigenvalue weighted by atomic mass is 16.5. The monoisotopic (exact) mass is 311 g/mol. The van der Waals surface area contributed by atoms with Crippen LogP contribution in [-0.4, -0.2) is 24.5 Å². The quantitative estimate of drug-likeness (QED) is 0.737. The van der Waals surface area contributed by atoms with Gasteiger partial charge in [-0.3, -0.25) is 9.36 Å². The smallest absolute Gasteiger partial charge is 0.264 e. The van der Waals surface area contributed by atoms with Gasteiger partial charge in [-0.25, -0.2) is 9.67 Å². The molecule has 0 spiro atoms. The summed E-state index contributed by atoms with van der Waals surface area (Å²) in [7, 11) is 0. The number of aromatic nitrogens is 5. The molecule has 0 atom stereocenters. The minimum atomic E-state index is -0.0607. The number of rotatable bonds is 3. The van der Waals surface area contributed by atoms with E-state index < -0.39 is 0 Å². The maximum Gasteiger partial charge on any atom is 0.264 e. The van der Waals surface area contributed by atoms with E-state index in [2.05, 4.69) is 15.2 Å². The first-order chi connectivity index (χ1) is 11.3. The Morgan fingerprint density at radius 1 is 1.26 bits per heavy atom. The highest BCUT2D eigenvalue weighted by Crippen LogP contribution is 2.35. The van der Waals surface area contributed by atoms with Gasteiger partial charge in [0.15, 0.2) is 5.65 Å². The zero-order valence-electron chi connectivity index (χ0n) is 12.7. The van der Waals surface area contributed by atoms with Crippen molar-refractivity contribution >= 4 is 11.0 Å². The summed E-state index contributed by atoms with van der Waals surface area (Å²) in [4.78, 5) is 17.2. The van der Waals surface area contributed by atoms with Gasteiger partial charge >= 0.3 is 0 Å². The molecule has 23 heavy (non-hydrogen) atoms. The lowest BCUT2D eigenvalue weighted by Gasteiger charge is -2.10. The molecule has 0 amide bonds. The van der Waals surface area contributed by atoms with Crippen LogP contribution in [0.5, 0.6) is 0 Å². The van der Waals surface area contributed by atoms with Crippen molar-refractivity contribution in [2.75, 3.05) is 0 Å². The van der Waals surface area contributed by atoms with Crippen molar-refractivity contribution in [3.8, 4) is 0 Å². The van der Waals surface area contributed by atoms with Crippen molar-refractivity contribution in [1.82, 2.24) is 24.5 Å². The standard InChI is InChI=1S/C16H17N5O2/c22-16-12-7-18-21(10-5-6-10)15(12)17-9-20(16)8-13-11-3-1-2-4-14(11)23-19-13/h7,9-10H,1-6,8H2. The molecule has 7 nitrogen and oxygen atoms in total. The predicted octanol–water partition coefficient (Wildman–Crippen LogP) is 1.84. The van der Waals surface area contributed by atoms with Crippen LogP contribution in [0.4, 0.5) is 0 Å². The van der Waals surface area contributed by atoms with Crippen molar-refractivity contribution in [1.29, 1.82) is 0 Å². The van der Waals surface area contributed by atoms with E-state index in [9.17, 15) is 4.79 Å². The number of hydrogen-bond donors (Lipinski definition) is 0. The van der Waals surface area contributed by atoms with E-state index in [1.165, 1.54) is 5.56 Å². The highest BCUT2D eigenvalue weighted by molar-refractivity contribution is 5.73. The van der Waals surface area contributed by atoms with E-state index in [0.717, 1.165) is 50.0 Å². The molecule has 5 rings (SSSR count). The third-order valence-electron chi connectivity index (χ3n) is 4.82. The Labute approximate surface area is 131 Å². The molecule has 0 radical (unpaired) electrons. The third kappa shape index (κ3) is 2.03. The summed E-state index contributed by atoms with van der Waals surface area (Å²) in [6.07, 6.45) is 9.71. The Morgan fingerprint density at radius 3 is 3.00 bits per heavy atom. The molecule has 0 unspecified atom stereocenters. The molecule has 2 aliphatic carbocycles. The van der Waals surface area contributed by atoms with Crippen LogP contribution in [0.2, 0.25) is 0 Å². The number of nitrogens with zero attached hydrogens (tertiary/aromatic N) is 5. The molecule has 7 heteroatoms. The summed E-state index contributed by atoms with van der Waals surface area (Å²) >= 11 is 0. The molecular formula is C16H17N5O2. The maximum absolute atomic E-state index is 12.7. The second-order valence-corrected chi connectivity index (χ2v) is 6.47. The Bertz CT molecular complexity index is 947. The molecule has 1 fully saturated rings. The van der Waals surface area contributed by atoms with Crippen molar-refractivity contribution in [3.05, 3.63) is 39.9 Å². The molecule has 3 heterocycles. The summed E-state index contributed by atoms with van der Waals surface area (Å²) < 4.78 is 8.91. The minimum Gasteiger partial charge on any atom is -0.361 e. The average Bonchev–Trinajstić information content (AvgIpc) is 3.20. The fourth-order valence-electron chi connectivity index (χ4n) is 3.40. The second-order valence-electron chi connectivity index (χ2n) is 6.47. The van der Waals surface area contributed by atoms with E-state index in [4.69, 9.17) is 4.52 Å². The van der Waals surface area contributed by atoms with Gasteiger partial charge in [0.25, 0.3) is 5.56 Å². The van der Waals surface area contributed by atoms with Crippen LogP contribution in [0, 0.1) is 0 Å². The van der Waals surface area contributed by atoms with Crippen LogP contribution >= 0.6 is 0 Å². The SMILES string of the molecule is O=c1c2cnn(C3CC3)c2ncn1Cc1noc2c1CCCC2. The first-order valence-electron chi connectivity index (χ1n) is 8.20. The van der Waals surface area contributed by atoms with Crippen molar-refractivity contribution < 1.29 is 4.52 Å². The van der Waals surface area contributed by atoms with Gasteiger partial charge < -0.3 is 4.52 Å². The van der Waals surface area contributed by atoms with Crippen molar-refractivity contribution in [2.45, 2.75) is 51.1 Å². The molecule has 0 aromatic carbocycles. The van der Waals surface area contributed by atoms with E-state index in [1.54, 1.807) is 17.1 Å². The van der Waals surface area contributed by atoms with Gasteiger partial charge in [-0.15, -0.1) is 0 Å². The molecule has 2 aliphatic rings. The van der Waals surface area contributed by atoms with E-state index in [1.807, 2.05) is 4.68 Å². The molecule has 3 aromatic heterocycles. The molecule has 0 bridgehead atoms. The van der Waals surface area contributed by atoms with Gasteiger partial charge in [0.2, 0.25) is 0 Å². The van der Waals surface area contributed by atoms with Gasteiger partial charge in [0.05, 0.1) is 18.8 Å². The molecule has 0 N–H and O–H groups in total. The molecule has 0 saturated heterocycles. The normalized spacial score (nSPS) is 17.6. The summed E-state index contributed by atoms with van der Waals surface area (Å²) in [6.45, 7) is 0.412. The van der Waals surface area contributed by atoms with E-state index in [0.29, 0.717) is 23.6 Å². The van der Waals surface area contributed by atoms with Crippen LogP contribution in [-0.2, 0) is 19.4 Å². The molecule has 1 saturated carbocycles. The largest absolute Gasteiger partial charge is 0.361 e. The first kappa shape index (κ1) is 13.0. The zero-order chi connectivity index (χ0) is 15.4. The lowest BCUT2D eigenvalue weighted by molar-refractivity contribution is 0.367. The van der Waals surface area contributed by atoms with Crippen LogP contribution in [0.15, 0.2) is 21.8 Å². The highest BCUT2D eigenvalue weighted by Gasteiger charge is 2.27. The van der Waals surface area contributed by atoms with E-state index >= 15 is 0 Å². The summed E-state index contributed by atoms with van der Waals surface area (Å²) in [5, 5.41) is 9.09. The molecule has 0 aliphatic heterocycles. The van der Waals surface area contributed by atoms with Crippen molar-refractivity contribution in [2.24, 2.45) is 0 Å². The van der Waals surface area contributed by atoms with Crippen LogP contribution < -0.4 is 5.56 Å². The second kappa shape index (κ2) is 4.78. The number of hydrogen-bond acceptors (Lipinski definition) is 5. The Hall–Kier alpha value is -2.44. The maximum atomic E-state index is 12.7. The van der Waals surface area contributed by atoms with Crippen LogP contribution in [0.3, 0.4) is 0 Å². The Balaban J connectivity index is 1.54. The minimum absolute atomic E-state index is 0.0607. The summed E-state index contributed by atoms with van der Waals surface area (Å²) in [5.41, 5.74) is 2.67. The lowest BCUT2D eigenvalue weighted by Crippen LogP contribution is -2.22. The van der Waals surface area contributed by atoms with Gasteiger partial charge in [-0.1, -0.05) is 5.16 Å². The van der Waals surface area contributed by atoms with Gasteiger partial charge in [-0.2, -0.15) is 5.10 Å². The zero-order valence-corrected chi connectivity index (χ0v) is 12.7. The molecule has 118 valence electrons.